The van der Waals surface area contributed by atoms with Crippen molar-refractivity contribution in [2.45, 2.75) is 12.7 Å². The lowest BCUT2D eigenvalue weighted by Crippen LogP contribution is -2.15. The van der Waals surface area contributed by atoms with Gasteiger partial charge in [-0.05, 0) is 24.3 Å². The lowest BCUT2D eigenvalue weighted by atomic mass is 10.1. The highest BCUT2D eigenvalue weighted by Gasteiger charge is 2.11. The van der Waals surface area contributed by atoms with E-state index >= 15 is 0 Å². The first kappa shape index (κ1) is 11.7. The summed E-state index contributed by atoms with van der Waals surface area (Å²) in [6, 6.07) is 6.71. The SMILES string of the molecule is COc1ccc(C(=O)CC(O)OC)cc1. The Bertz CT molecular complexity index is 318. The van der Waals surface area contributed by atoms with Gasteiger partial charge < -0.3 is 14.6 Å². The Labute approximate surface area is 88.4 Å². The molecule has 0 aliphatic carbocycles. The molecule has 0 spiro atoms. The van der Waals surface area contributed by atoms with Crippen LogP contribution in [0.1, 0.15) is 16.8 Å². The summed E-state index contributed by atoms with van der Waals surface area (Å²) in [5.41, 5.74) is 0.534. The van der Waals surface area contributed by atoms with Crippen molar-refractivity contribution in [2.75, 3.05) is 14.2 Å². The molecule has 82 valence electrons. The fourth-order valence-electron chi connectivity index (χ4n) is 1.14. The second-order valence-corrected chi connectivity index (χ2v) is 3.05. The average molecular weight is 210 g/mol. The zero-order chi connectivity index (χ0) is 11.3. The summed E-state index contributed by atoms with van der Waals surface area (Å²) in [6.07, 6.45) is -1.08. The fourth-order valence-corrected chi connectivity index (χ4v) is 1.14. The number of aliphatic hydroxyl groups excluding tert-OH is 1. The van der Waals surface area contributed by atoms with Gasteiger partial charge in [-0.2, -0.15) is 0 Å². The van der Waals surface area contributed by atoms with Crippen molar-refractivity contribution in [3.05, 3.63) is 29.8 Å². The van der Waals surface area contributed by atoms with Crippen LogP contribution in [-0.4, -0.2) is 31.4 Å². The van der Waals surface area contributed by atoms with E-state index in [2.05, 4.69) is 4.74 Å². The Kier molecular flexibility index (Phi) is 4.27. The topological polar surface area (TPSA) is 55.8 Å². The van der Waals surface area contributed by atoms with E-state index in [1.165, 1.54) is 7.11 Å². The molecule has 0 saturated heterocycles. The number of benzene rings is 1. The first-order valence-electron chi connectivity index (χ1n) is 4.55. The number of aliphatic hydroxyl groups is 1. The number of ether oxygens (including phenoxy) is 2. The number of methoxy groups -OCH3 is 2. The average Bonchev–Trinajstić information content (AvgIpc) is 2.29. The van der Waals surface area contributed by atoms with Gasteiger partial charge in [0.1, 0.15) is 5.75 Å². The smallest absolute Gasteiger partial charge is 0.167 e. The van der Waals surface area contributed by atoms with Crippen molar-refractivity contribution in [3.8, 4) is 5.75 Å². The molecular weight excluding hydrogens is 196 g/mol. The van der Waals surface area contributed by atoms with Crippen LogP contribution in [-0.2, 0) is 4.74 Å². The molecule has 0 amide bonds. The third kappa shape index (κ3) is 3.34. The van der Waals surface area contributed by atoms with Crippen LogP contribution in [0.2, 0.25) is 0 Å². The normalized spacial score (nSPS) is 12.2. The standard InChI is InChI=1S/C11H14O4/c1-14-9-5-3-8(4-6-9)10(12)7-11(13)15-2/h3-6,11,13H,7H2,1-2H3. The van der Waals surface area contributed by atoms with Gasteiger partial charge in [0.25, 0.3) is 0 Å². The van der Waals surface area contributed by atoms with E-state index in [0.29, 0.717) is 11.3 Å². The molecule has 0 heterocycles. The van der Waals surface area contributed by atoms with Crippen molar-refractivity contribution in [2.24, 2.45) is 0 Å². The third-order valence-corrected chi connectivity index (χ3v) is 2.04. The van der Waals surface area contributed by atoms with Gasteiger partial charge in [-0.15, -0.1) is 0 Å². The highest BCUT2D eigenvalue weighted by atomic mass is 16.6. The number of rotatable bonds is 5. The van der Waals surface area contributed by atoms with E-state index in [4.69, 9.17) is 9.84 Å². The third-order valence-electron chi connectivity index (χ3n) is 2.04. The lowest BCUT2D eigenvalue weighted by molar-refractivity contribution is -0.0716. The molecular formula is C11H14O4. The van der Waals surface area contributed by atoms with Crippen molar-refractivity contribution in [1.29, 1.82) is 0 Å². The van der Waals surface area contributed by atoms with Crippen molar-refractivity contribution >= 4 is 5.78 Å². The minimum atomic E-state index is -1.04. The van der Waals surface area contributed by atoms with Gasteiger partial charge in [0.05, 0.1) is 13.5 Å². The predicted molar refractivity (Wildman–Crippen MR) is 55.0 cm³/mol. The molecule has 1 atom stereocenters. The van der Waals surface area contributed by atoms with E-state index in [-0.39, 0.29) is 12.2 Å². The first-order chi connectivity index (χ1) is 7.17. The van der Waals surface area contributed by atoms with E-state index in [0.717, 1.165) is 0 Å². The minimum Gasteiger partial charge on any atom is -0.497 e. The summed E-state index contributed by atoms with van der Waals surface area (Å²) < 4.78 is 9.56. The molecule has 0 aliphatic heterocycles. The maximum atomic E-state index is 11.5. The molecule has 0 fully saturated rings. The summed E-state index contributed by atoms with van der Waals surface area (Å²) >= 11 is 0. The zero-order valence-corrected chi connectivity index (χ0v) is 8.77. The van der Waals surface area contributed by atoms with Crippen molar-refractivity contribution < 1.29 is 19.4 Å². The summed E-state index contributed by atoms with van der Waals surface area (Å²) in [4.78, 5) is 11.5. The van der Waals surface area contributed by atoms with Crippen LogP contribution in [0.4, 0.5) is 0 Å². The number of hydrogen-bond acceptors (Lipinski definition) is 4. The van der Waals surface area contributed by atoms with E-state index in [1.807, 2.05) is 0 Å². The highest BCUT2D eigenvalue weighted by molar-refractivity contribution is 5.96. The Morgan fingerprint density at radius 2 is 1.93 bits per heavy atom. The van der Waals surface area contributed by atoms with Gasteiger partial charge in [-0.25, -0.2) is 0 Å². The summed E-state index contributed by atoms with van der Waals surface area (Å²) in [5.74, 6) is 0.533. The van der Waals surface area contributed by atoms with Crippen LogP contribution < -0.4 is 4.74 Å². The molecule has 1 rings (SSSR count). The second-order valence-electron chi connectivity index (χ2n) is 3.05. The molecule has 1 aromatic rings. The molecule has 15 heavy (non-hydrogen) atoms. The van der Waals surface area contributed by atoms with E-state index in [1.54, 1.807) is 31.4 Å². The Hall–Kier alpha value is -1.39. The Morgan fingerprint density at radius 3 is 2.40 bits per heavy atom. The van der Waals surface area contributed by atoms with E-state index in [9.17, 15) is 4.79 Å². The van der Waals surface area contributed by atoms with Crippen molar-refractivity contribution in [3.63, 3.8) is 0 Å². The van der Waals surface area contributed by atoms with Crippen LogP contribution in [0.15, 0.2) is 24.3 Å². The van der Waals surface area contributed by atoms with Crippen LogP contribution in [0, 0.1) is 0 Å². The van der Waals surface area contributed by atoms with Gasteiger partial charge in [0, 0.05) is 12.7 Å². The van der Waals surface area contributed by atoms with Gasteiger partial charge in [0.15, 0.2) is 12.1 Å². The monoisotopic (exact) mass is 210 g/mol. The highest BCUT2D eigenvalue weighted by Crippen LogP contribution is 2.13. The second kappa shape index (κ2) is 5.48. The van der Waals surface area contributed by atoms with Gasteiger partial charge in [-0.3, -0.25) is 4.79 Å². The number of carbonyl (C=O) groups is 1. The molecule has 1 N–H and O–H groups in total. The number of hydrogen-bond donors (Lipinski definition) is 1. The van der Waals surface area contributed by atoms with Gasteiger partial charge in [0.2, 0.25) is 0 Å². The van der Waals surface area contributed by atoms with E-state index < -0.39 is 6.29 Å². The first-order valence-corrected chi connectivity index (χ1v) is 4.55. The summed E-state index contributed by atoms with van der Waals surface area (Å²) in [6.45, 7) is 0. The largest absolute Gasteiger partial charge is 0.497 e. The summed E-state index contributed by atoms with van der Waals surface area (Å²) in [7, 11) is 2.91. The van der Waals surface area contributed by atoms with Crippen LogP contribution in [0.25, 0.3) is 0 Å². The minimum absolute atomic E-state index is 0.0389. The molecule has 0 radical (unpaired) electrons. The number of ketones is 1. The molecule has 1 unspecified atom stereocenters. The Morgan fingerprint density at radius 1 is 1.33 bits per heavy atom. The molecule has 4 nitrogen and oxygen atoms in total. The lowest BCUT2D eigenvalue weighted by Gasteiger charge is -2.07. The van der Waals surface area contributed by atoms with Gasteiger partial charge >= 0.3 is 0 Å². The summed E-state index contributed by atoms with van der Waals surface area (Å²) in [5, 5.41) is 9.12. The van der Waals surface area contributed by atoms with Crippen LogP contribution in [0.3, 0.4) is 0 Å². The predicted octanol–water partition coefficient (Wildman–Crippen LogP) is 1.23. The van der Waals surface area contributed by atoms with Gasteiger partial charge in [-0.1, -0.05) is 0 Å². The van der Waals surface area contributed by atoms with Crippen molar-refractivity contribution in [1.82, 2.24) is 0 Å². The molecule has 0 aliphatic rings. The maximum absolute atomic E-state index is 11.5. The molecule has 4 heteroatoms. The number of Topliss-reactive ketones (excluding diaryl/α,β-unsaturated/α-hetero) is 1. The Balaban J connectivity index is 2.66. The van der Waals surface area contributed by atoms with Crippen LogP contribution >= 0.6 is 0 Å². The molecule has 0 bridgehead atoms. The zero-order valence-electron chi connectivity index (χ0n) is 8.77. The fraction of sp³-hybridized carbons (Fsp3) is 0.364. The molecule has 0 aromatic heterocycles. The van der Waals surface area contributed by atoms with Crippen LogP contribution in [0.5, 0.6) is 5.75 Å². The molecule has 0 saturated carbocycles. The number of carbonyl (C=O) groups excluding carboxylic acids is 1. The quantitative estimate of drug-likeness (QED) is 0.586. The molecule has 1 aromatic carbocycles. The maximum Gasteiger partial charge on any atom is 0.167 e.